The van der Waals surface area contributed by atoms with E-state index < -0.39 is 35.4 Å². The Morgan fingerprint density at radius 1 is 1.12 bits per heavy atom. The van der Waals surface area contributed by atoms with Gasteiger partial charge in [-0.05, 0) is 57.9 Å². The highest BCUT2D eigenvalue weighted by atomic mass is 35.5. The summed E-state index contributed by atoms with van der Waals surface area (Å²) in [5.74, 6) is -1.68. The number of aromatic nitrogens is 2. The van der Waals surface area contributed by atoms with Gasteiger partial charge in [-0.2, -0.15) is 5.10 Å². The number of aliphatic hydroxyl groups excluding tert-OH is 1. The summed E-state index contributed by atoms with van der Waals surface area (Å²) in [6.45, 7) is 7.08. The summed E-state index contributed by atoms with van der Waals surface area (Å²) < 4.78 is 29.1. The number of halogens is 3. The molecule has 232 valence electrons. The predicted molar refractivity (Wildman–Crippen MR) is 158 cm³/mol. The number of carbonyl (C=O) groups excluding carboxylic acids is 2. The normalized spacial score (nSPS) is 23.0. The van der Waals surface area contributed by atoms with Crippen LogP contribution in [0.5, 0.6) is 0 Å². The SMILES string of the molecule is CCCCN1C(=O)[C@@H]([C@H](O)C2CCCCC2)NC(=O)C12CCN(C(c1ccc(F)cc1F)c1c(C)n[nH]c1C)CC2.Cl. The van der Waals surface area contributed by atoms with Gasteiger partial charge in [0.05, 0.1) is 17.8 Å². The smallest absolute Gasteiger partial charge is 0.248 e. The van der Waals surface area contributed by atoms with Crippen LogP contribution in [0.2, 0.25) is 0 Å². The number of nitrogens with zero attached hydrogens (tertiary/aromatic N) is 3. The molecule has 8 nitrogen and oxygen atoms in total. The number of amides is 2. The van der Waals surface area contributed by atoms with Crippen molar-refractivity contribution in [3.63, 3.8) is 0 Å². The van der Waals surface area contributed by atoms with Crippen molar-refractivity contribution in [3.05, 3.63) is 52.3 Å². The number of piperazine rings is 1. The second-order valence-corrected chi connectivity index (χ2v) is 12.2. The summed E-state index contributed by atoms with van der Waals surface area (Å²) >= 11 is 0. The summed E-state index contributed by atoms with van der Waals surface area (Å²) in [5, 5.41) is 21.5. The van der Waals surface area contributed by atoms with Gasteiger partial charge < -0.3 is 15.3 Å². The third-order valence-electron chi connectivity index (χ3n) is 9.67. The third kappa shape index (κ3) is 5.95. The first-order valence-electron chi connectivity index (χ1n) is 15.2. The standard InChI is InChI=1S/C31H43F2N5O3.ClH/c1-4-5-15-38-29(40)26(28(39)21-9-7-6-8-10-21)34-30(41)31(38)13-16-37(17-14-31)27(25-19(2)35-36-20(25)3)23-12-11-22(32)18-24(23)33;/h11-12,18,21,26-28,39H,4-10,13-17H2,1-3H3,(H,34,41)(H,35,36);1H/t26-,27?,28-;/m1./s1. The molecule has 2 saturated heterocycles. The Morgan fingerprint density at radius 2 is 1.81 bits per heavy atom. The highest BCUT2D eigenvalue weighted by Gasteiger charge is 2.55. The molecule has 0 bridgehead atoms. The zero-order valence-electron chi connectivity index (χ0n) is 24.8. The van der Waals surface area contributed by atoms with E-state index in [0.717, 1.165) is 68.0 Å². The minimum Gasteiger partial charge on any atom is -0.390 e. The molecule has 3 heterocycles. The van der Waals surface area contributed by atoms with Crippen molar-refractivity contribution >= 4 is 24.2 Å². The quantitative estimate of drug-likeness (QED) is 0.403. The first-order valence-corrected chi connectivity index (χ1v) is 15.2. The lowest BCUT2D eigenvalue weighted by Crippen LogP contribution is -2.75. The van der Waals surface area contributed by atoms with Crippen molar-refractivity contribution in [2.45, 2.75) is 102 Å². The Kier molecular flexibility index (Phi) is 10.3. The first-order chi connectivity index (χ1) is 19.7. The molecule has 1 spiro atoms. The van der Waals surface area contributed by atoms with Crippen molar-refractivity contribution in [2.75, 3.05) is 19.6 Å². The van der Waals surface area contributed by atoms with Gasteiger partial charge in [0.2, 0.25) is 11.8 Å². The maximum atomic E-state index is 15.2. The van der Waals surface area contributed by atoms with Crippen LogP contribution in [0.3, 0.4) is 0 Å². The number of nitrogens with one attached hydrogen (secondary N) is 2. The van der Waals surface area contributed by atoms with Gasteiger partial charge in [0.15, 0.2) is 0 Å². The van der Waals surface area contributed by atoms with E-state index in [1.54, 1.807) is 4.90 Å². The lowest BCUT2D eigenvalue weighted by molar-refractivity contribution is -0.166. The molecule has 2 aromatic rings. The Hall–Kier alpha value is -2.56. The molecular weight excluding hydrogens is 564 g/mol. The summed E-state index contributed by atoms with van der Waals surface area (Å²) in [5.41, 5.74) is 1.67. The van der Waals surface area contributed by atoms with Crippen molar-refractivity contribution in [1.29, 1.82) is 0 Å². The molecule has 0 radical (unpaired) electrons. The van der Waals surface area contributed by atoms with Gasteiger partial charge in [0.25, 0.3) is 0 Å². The lowest BCUT2D eigenvalue weighted by Gasteiger charge is -2.53. The summed E-state index contributed by atoms with van der Waals surface area (Å²) in [7, 11) is 0. The number of hydrogen-bond acceptors (Lipinski definition) is 5. The molecule has 3 fully saturated rings. The molecular formula is C31H44ClF2N5O3. The van der Waals surface area contributed by atoms with Crippen LogP contribution in [0.4, 0.5) is 8.78 Å². The molecule has 1 aliphatic carbocycles. The van der Waals surface area contributed by atoms with Gasteiger partial charge in [-0.1, -0.05) is 38.7 Å². The first kappa shape index (κ1) is 32.4. The second kappa shape index (κ2) is 13.4. The Bertz CT molecular complexity index is 1240. The summed E-state index contributed by atoms with van der Waals surface area (Å²) in [4.78, 5) is 31.7. The molecule has 5 rings (SSSR count). The number of piperidine rings is 1. The van der Waals surface area contributed by atoms with Crippen molar-refractivity contribution in [2.24, 2.45) is 5.92 Å². The number of carbonyl (C=O) groups is 2. The Labute approximate surface area is 253 Å². The van der Waals surface area contributed by atoms with Crippen LogP contribution >= 0.6 is 12.4 Å². The van der Waals surface area contributed by atoms with Gasteiger partial charge in [0.1, 0.15) is 23.2 Å². The van der Waals surface area contributed by atoms with Crippen molar-refractivity contribution < 1.29 is 23.5 Å². The number of aryl methyl sites for hydroxylation is 2. The molecule has 42 heavy (non-hydrogen) atoms. The van der Waals surface area contributed by atoms with Crippen LogP contribution in [0.1, 0.15) is 93.3 Å². The summed E-state index contributed by atoms with van der Waals surface area (Å²) in [6.07, 6.45) is 6.40. The number of H-pyrrole nitrogens is 1. The van der Waals surface area contributed by atoms with Crippen molar-refractivity contribution in [1.82, 2.24) is 25.3 Å². The van der Waals surface area contributed by atoms with Crippen LogP contribution in [0.15, 0.2) is 18.2 Å². The van der Waals surface area contributed by atoms with Crippen LogP contribution in [-0.2, 0) is 9.59 Å². The topological polar surface area (TPSA) is 102 Å². The fraction of sp³-hybridized carbons (Fsp3) is 0.645. The predicted octanol–water partition coefficient (Wildman–Crippen LogP) is 4.72. The van der Waals surface area contributed by atoms with E-state index in [2.05, 4.69) is 27.3 Å². The van der Waals surface area contributed by atoms with Gasteiger partial charge >= 0.3 is 0 Å². The Balaban J connectivity index is 0.00000405. The molecule has 1 aromatic heterocycles. The number of likely N-dealkylation sites (tertiary alicyclic amines) is 1. The number of benzene rings is 1. The molecule has 3 aliphatic rings. The molecule has 1 saturated carbocycles. The Morgan fingerprint density at radius 3 is 2.40 bits per heavy atom. The van der Waals surface area contributed by atoms with Crippen LogP contribution in [-0.4, -0.2) is 74.2 Å². The van der Waals surface area contributed by atoms with Gasteiger partial charge in [-0.3, -0.25) is 19.6 Å². The number of aliphatic hydroxyl groups is 1. The second-order valence-electron chi connectivity index (χ2n) is 12.2. The summed E-state index contributed by atoms with van der Waals surface area (Å²) in [6, 6.07) is 2.19. The fourth-order valence-corrected chi connectivity index (χ4v) is 7.33. The zero-order valence-corrected chi connectivity index (χ0v) is 25.6. The van der Waals surface area contributed by atoms with Crippen molar-refractivity contribution in [3.8, 4) is 0 Å². The average Bonchev–Trinajstić information content (AvgIpc) is 3.30. The molecule has 2 aliphatic heterocycles. The number of hydrogen-bond donors (Lipinski definition) is 3. The van der Waals surface area contributed by atoms with E-state index >= 15 is 4.39 Å². The lowest BCUT2D eigenvalue weighted by atomic mass is 9.77. The zero-order chi connectivity index (χ0) is 29.3. The molecule has 3 atom stereocenters. The highest BCUT2D eigenvalue weighted by molar-refractivity contribution is 6.00. The number of aromatic amines is 1. The molecule has 1 unspecified atom stereocenters. The van der Waals surface area contributed by atoms with Gasteiger partial charge in [0, 0.05) is 42.5 Å². The van der Waals surface area contributed by atoms with E-state index in [1.165, 1.54) is 12.1 Å². The molecule has 2 amide bonds. The number of unbranched alkanes of at least 4 members (excludes halogenated alkanes) is 1. The van der Waals surface area contributed by atoms with Crippen LogP contribution in [0.25, 0.3) is 0 Å². The fourth-order valence-electron chi connectivity index (χ4n) is 7.33. The largest absolute Gasteiger partial charge is 0.390 e. The van der Waals surface area contributed by atoms with Crippen LogP contribution < -0.4 is 5.32 Å². The number of rotatable bonds is 8. The highest BCUT2D eigenvalue weighted by Crippen LogP contribution is 2.41. The van der Waals surface area contributed by atoms with Gasteiger partial charge in [-0.15, -0.1) is 12.4 Å². The van der Waals surface area contributed by atoms with E-state index in [4.69, 9.17) is 0 Å². The van der Waals surface area contributed by atoms with E-state index in [1.807, 2.05) is 13.8 Å². The maximum Gasteiger partial charge on any atom is 0.248 e. The minimum atomic E-state index is -1.03. The van der Waals surface area contributed by atoms with Gasteiger partial charge in [-0.25, -0.2) is 8.78 Å². The molecule has 11 heteroatoms. The van der Waals surface area contributed by atoms with E-state index in [-0.39, 0.29) is 30.1 Å². The van der Waals surface area contributed by atoms with E-state index in [0.29, 0.717) is 38.0 Å². The third-order valence-corrected chi connectivity index (χ3v) is 9.67. The maximum absolute atomic E-state index is 15.2. The molecule has 1 aromatic carbocycles. The molecule has 3 N–H and O–H groups in total. The minimum absolute atomic E-state index is 0. The van der Waals surface area contributed by atoms with E-state index in [9.17, 15) is 19.1 Å². The average molecular weight is 608 g/mol. The monoisotopic (exact) mass is 607 g/mol. The van der Waals surface area contributed by atoms with Crippen LogP contribution in [0, 0.1) is 31.4 Å².